The van der Waals surface area contributed by atoms with Gasteiger partial charge in [-0.1, -0.05) is 30.4 Å². The third-order valence-electron chi connectivity index (χ3n) is 8.84. The highest BCUT2D eigenvalue weighted by Crippen LogP contribution is 2.39. The number of thiazole rings is 1. The van der Waals surface area contributed by atoms with Gasteiger partial charge in [0.05, 0.1) is 45.8 Å². The van der Waals surface area contributed by atoms with Crippen molar-refractivity contribution in [2.75, 3.05) is 88.0 Å². The average molecular weight is 712 g/mol. The molecular weight excluding hydrogens is 667 g/mol. The summed E-state index contributed by atoms with van der Waals surface area (Å²) in [5.41, 5.74) is 3.94. The second-order valence-electron chi connectivity index (χ2n) is 11.9. The molecule has 0 atom stereocenters. The van der Waals surface area contributed by atoms with Gasteiger partial charge in [0.15, 0.2) is 34.5 Å². The first-order valence-corrected chi connectivity index (χ1v) is 17.7. The average Bonchev–Trinajstić information content (AvgIpc) is 3.62. The number of ether oxygens (including phenoxy) is 7. The van der Waals surface area contributed by atoms with Crippen LogP contribution < -0.4 is 33.2 Å². The maximum Gasteiger partial charge on any atom is 0.203 e. The van der Waals surface area contributed by atoms with Crippen molar-refractivity contribution >= 4 is 33.7 Å². The van der Waals surface area contributed by atoms with E-state index in [1.54, 1.807) is 46.9 Å². The monoisotopic (exact) mass is 711 g/mol. The zero-order valence-electron chi connectivity index (χ0n) is 29.8. The van der Waals surface area contributed by atoms with Crippen LogP contribution in [0.15, 0.2) is 72.8 Å². The van der Waals surface area contributed by atoms with Gasteiger partial charge < -0.3 is 33.2 Å². The van der Waals surface area contributed by atoms with E-state index >= 15 is 0 Å². The predicted octanol–water partition coefficient (Wildman–Crippen LogP) is 7.25. The van der Waals surface area contributed by atoms with Gasteiger partial charge in [0, 0.05) is 44.8 Å². The maximum absolute atomic E-state index is 6.24. The van der Waals surface area contributed by atoms with E-state index in [1.165, 1.54) is 4.70 Å². The molecule has 268 valence electrons. The Morgan fingerprint density at radius 3 is 1.80 bits per heavy atom. The van der Waals surface area contributed by atoms with E-state index in [-0.39, 0.29) is 0 Å². The Morgan fingerprint density at radius 1 is 0.588 bits per heavy atom. The molecule has 0 amide bonds. The third-order valence-corrected chi connectivity index (χ3v) is 9.93. The van der Waals surface area contributed by atoms with E-state index in [9.17, 15) is 0 Å². The van der Waals surface area contributed by atoms with Crippen molar-refractivity contribution in [3.63, 3.8) is 0 Å². The Kier molecular flexibility index (Phi) is 12.2. The summed E-state index contributed by atoms with van der Waals surface area (Å²) in [5.74, 6) is 4.65. The van der Waals surface area contributed by atoms with Gasteiger partial charge in [0.2, 0.25) is 5.75 Å². The lowest BCUT2D eigenvalue weighted by molar-refractivity contribution is 0.104. The minimum Gasteiger partial charge on any atom is -0.493 e. The lowest BCUT2D eigenvalue weighted by Crippen LogP contribution is -2.48. The van der Waals surface area contributed by atoms with Crippen molar-refractivity contribution in [2.24, 2.45) is 0 Å². The zero-order valence-corrected chi connectivity index (χ0v) is 30.7. The molecule has 0 radical (unpaired) electrons. The topological polar surface area (TPSA) is 84.0 Å². The molecule has 2 heterocycles. The van der Waals surface area contributed by atoms with Gasteiger partial charge in [0.25, 0.3) is 0 Å². The Hall–Kier alpha value is -4.97. The summed E-state index contributed by atoms with van der Waals surface area (Å²) < 4.78 is 41.3. The summed E-state index contributed by atoms with van der Waals surface area (Å²) in [6.07, 6.45) is 4.02. The van der Waals surface area contributed by atoms with Crippen molar-refractivity contribution in [2.45, 2.75) is 0 Å². The van der Waals surface area contributed by atoms with Gasteiger partial charge >= 0.3 is 0 Å². The summed E-state index contributed by atoms with van der Waals surface area (Å²) in [5, 5.41) is 0.971. The highest BCUT2D eigenvalue weighted by Gasteiger charge is 2.18. The molecule has 0 bridgehead atoms. The number of aromatic nitrogens is 1. The normalized spacial score (nSPS) is 13.7. The predicted molar refractivity (Wildman–Crippen MR) is 203 cm³/mol. The molecule has 1 aliphatic rings. The molecule has 1 saturated heterocycles. The van der Waals surface area contributed by atoms with Crippen LogP contribution in [0.25, 0.3) is 32.9 Å². The van der Waals surface area contributed by atoms with Crippen LogP contribution in [0.5, 0.6) is 40.2 Å². The second-order valence-corrected chi connectivity index (χ2v) is 13.0. The number of piperazine rings is 1. The highest BCUT2D eigenvalue weighted by atomic mass is 32.1. The molecule has 51 heavy (non-hydrogen) atoms. The number of methoxy groups -OCH3 is 5. The van der Waals surface area contributed by atoms with Gasteiger partial charge in [-0.15, -0.1) is 11.3 Å². The summed E-state index contributed by atoms with van der Waals surface area (Å²) in [6, 6.07) is 24.0. The van der Waals surface area contributed by atoms with Crippen molar-refractivity contribution in [3.8, 4) is 50.8 Å². The van der Waals surface area contributed by atoms with Crippen LogP contribution in [-0.2, 0) is 0 Å². The Bertz CT molecular complexity index is 1880. The van der Waals surface area contributed by atoms with Crippen LogP contribution in [0.1, 0.15) is 11.1 Å². The molecule has 11 heteroatoms. The Labute approximate surface area is 303 Å². The van der Waals surface area contributed by atoms with Gasteiger partial charge in [-0.05, 0) is 65.7 Å². The molecule has 0 N–H and O–H groups in total. The molecule has 10 nitrogen and oxygen atoms in total. The first-order valence-electron chi connectivity index (χ1n) is 16.9. The summed E-state index contributed by atoms with van der Waals surface area (Å²) in [6.45, 7) is 6.72. The fourth-order valence-corrected chi connectivity index (χ4v) is 6.98. The quantitative estimate of drug-likeness (QED) is 0.0977. The molecule has 1 fully saturated rings. The van der Waals surface area contributed by atoms with Crippen LogP contribution in [0.4, 0.5) is 0 Å². The Morgan fingerprint density at radius 2 is 1.18 bits per heavy atom. The van der Waals surface area contributed by atoms with Crippen LogP contribution in [0.3, 0.4) is 0 Å². The largest absolute Gasteiger partial charge is 0.493 e. The summed E-state index contributed by atoms with van der Waals surface area (Å²) >= 11 is 1.68. The second kappa shape index (κ2) is 17.3. The van der Waals surface area contributed by atoms with Gasteiger partial charge in [-0.25, -0.2) is 4.98 Å². The molecule has 0 saturated carbocycles. The lowest BCUT2D eigenvalue weighted by atomic mass is 10.1. The molecule has 0 aliphatic carbocycles. The van der Waals surface area contributed by atoms with E-state index in [4.69, 9.17) is 38.1 Å². The number of hydrogen-bond donors (Lipinski definition) is 0. The fraction of sp³-hybridized carbons (Fsp3) is 0.325. The number of nitrogens with zero attached hydrogens (tertiary/aromatic N) is 3. The molecule has 0 unspecified atom stereocenters. The maximum atomic E-state index is 6.24. The SMILES string of the molecule is COc1cc(-c2nc3ccccc3s2)ccc1OCCN1CCN(CCOc2cc(/C=C\c3cc(OC)c(OC)c(OC)c3)ccc2OC)CC1. The number of rotatable bonds is 16. The molecular formula is C40H45N3O7S. The first-order chi connectivity index (χ1) is 25.0. The molecule has 0 spiro atoms. The standard InChI is InChI=1S/C40H45N3O7S/c1-44-32-14-12-28(10-11-29-25-36(46-3)39(48-5)37(26-29)47-4)24-35(32)50-23-21-43-18-16-42(17-19-43)20-22-49-33-15-13-30(27-34(33)45-2)40-41-31-8-6-7-9-38(31)51-40/h6-15,24-27H,16-23H2,1-5H3/b11-10-. The van der Waals surface area contributed by atoms with E-state index in [2.05, 4.69) is 21.9 Å². The zero-order chi connectivity index (χ0) is 35.6. The minimum absolute atomic E-state index is 0.562. The minimum atomic E-state index is 0.562. The molecule has 6 rings (SSSR count). The van der Waals surface area contributed by atoms with Crippen LogP contribution in [0, 0.1) is 0 Å². The van der Waals surface area contributed by atoms with Gasteiger partial charge in [-0.2, -0.15) is 0 Å². The summed E-state index contributed by atoms with van der Waals surface area (Å²) in [4.78, 5) is 9.65. The third kappa shape index (κ3) is 8.86. The number of hydrogen-bond acceptors (Lipinski definition) is 11. The highest BCUT2D eigenvalue weighted by molar-refractivity contribution is 7.21. The Balaban J connectivity index is 0.956. The molecule has 5 aromatic rings. The van der Waals surface area contributed by atoms with E-state index in [1.807, 2.05) is 72.8 Å². The number of benzene rings is 4. The van der Waals surface area contributed by atoms with Crippen LogP contribution in [0.2, 0.25) is 0 Å². The smallest absolute Gasteiger partial charge is 0.203 e. The van der Waals surface area contributed by atoms with Crippen LogP contribution in [-0.4, -0.2) is 103 Å². The van der Waals surface area contributed by atoms with Crippen molar-refractivity contribution in [1.29, 1.82) is 0 Å². The fourth-order valence-electron chi connectivity index (χ4n) is 6.02. The summed E-state index contributed by atoms with van der Waals surface area (Å²) in [7, 11) is 8.15. The van der Waals surface area contributed by atoms with Crippen molar-refractivity contribution in [1.82, 2.24) is 14.8 Å². The molecule has 4 aromatic carbocycles. The van der Waals surface area contributed by atoms with Gasteiger partial charge in [0.1, 0.15) is 18.2 Å². The van der Waals surface area contributed by atoms with Crippen LogP contribution >= 0.6 is 11.3 Å². The first kappa shape index (κ1) is 35.8. The van der Waals surface area contributed by atoms with Gasteiger partial charge in [-0.3, -0.25) is 9.80 Å². The number of fused-ring (bicyclic) bond motifs is 1. The van der Waals surface area contributed by atoms with E-state index in [0.717, 1.165) is 72.2 Å². The number of para-hydroxylation sites is 1. The van der Waals surface area contributed by atoms with Crippen molar-refractivity contribution in [3.05, 3.63) is 83.9 Å². The van der Waals surface area contributed by atoms with Crippen molar-refractivity contribution < 1.29 is 33.2 Å². The van der Waals surface area contributed by atoms with E-state index in [0.29, 0.717) is 47.7 Å². The lowest BCUT2D eigenvalue weighted by Gasteiger charge is -2.34. The molecule has 1 aliphatic heterocycles. The molecule has 1 aromatic heterocycles. The van der Waals surface area contributed by atoms with E-state index < -0.39 is 0 Å².